The lowest BCUT2D eigenvalue weighted by Crippen LogP contribution is -2.32. The average Bonchev–Trinajstić information content (AvgIpc) is 3.47. The first-order valence-corrected chi connectivity index (χ1v) is 10.9. The Morgan fingerprint density at radius 1 is 0.970 bits per heavy atom. The maximum absolute atomic E-state index is 13.5. The second kappa shape index (κ2) is 7.42. The van der Waals surface area contributed by atoms with Crippen LogP contribution in [0.2, 0.25) is 0 Å². The van der Waals surface area contributed by atoms with Crippen molar-refractivity contribution < 1.29 is 9.18 Å². The van der Waals surface area contributed by atoms with Gasteiger partial charge in [-0.1, -0.05) is 41.7 Å². The summed E-state index contributed by atoms with van der Waals surface area (Å²) >= 11 is 1.14. The maximum atomic E-state index is 13.5. The van der Waals surface area contributed by atoms with Gasteiger partial charge in [0.2, 0.25) is 4.96 Å². The van der Waals surface area contributed by atoms with Crippen molar-refractivity contribution in [2.75, 3.05) is 4.90 Å². The molecule has 0 saturated carbocycles. The Bertz CT molecular complexity index is 1640. The van der Waals surface area contributed by atoms with Crippen LogP contribution >= 0.6 is 11.3 Å². The number of anilines is 1. The van der Waals surface area contributed by atoms with E-state index in [0.29, 0.717) is 37.7 Å². The lowest BCUT2D eigenvalue weighted by atomic mass is 10.1. The zero-order valence-corrected chi connectivity index (χ0v) is 17.8. The number of aromatic nitrogens is 4. The number of carbonyl (C=O) groups is 1. The Kier molecular flexibility index (Phi) is 4.37. The standard InChI is InChI=1S/C24H14FN5O2S/c25-16-9-7-14(8-10-16)13-29-18-6-2-1-5-17(18)19(22(29)31)20-23(32)30-24(33-20)27-21(28-30)15-4-3-11-26-12-15/h1-12H,13H2. The van der Waals surface area contributed by atoms with Crippen molar-refractivity contribution in [3.8, 4) is 11.4 Å². The molecule has 3 aromatic heterocycles. The molecule has 6 rings (SSSR count). The van der Waals surface area contributed by atoms with E-state index < -0.39 is 0 Å². The summed E-state index contributed by atoms with van der Waals surface area (Å²) in [4.78, 5) is 37.3. The molecule has 0 aliphatic carbocycles. The van der Waals surface area contributed by atoms with Gasteiger partial charge in [-0.05, 0) is 35.9 Å². The number of rotatable bonds is 3. The highest BCUT2D eigenvalue weighted by Crippen LogP contribution is 2.36. The van der Waals surface area contributed by atoms with Crippen LogP contribution in [0.15, 0.2) is 77.9 Å². The first-order valence-electron chi connectivity index (χ1n) is 10.1. The summed E-state index contributed by atoms with van der Waals surface area (Å²) in [6.07, 6.45) is 3.28. The number of benzene rings is 2. The molecule has 0 spiro atoms. The van der Waals surface area contributed by atoms with Crippen LogP contribution in [0.4, 0.5) is 10.1 Å². The molecule has 0 unspecified atom stereocenters. The number of amides is 1. The second-order valence-electron chi connectivity index (χ2n) is 7.52. The molecule has 0 N–H and O–H groups in total. The van der Waals surface area contributed by atoms with Crippen LogP contribution in [-0.2, 0) is 11.3 Å². The SMILES string of the molecule is O=C1C(=c2sc3nc(-c4cccnc4)nn3c2=O)c2ccccc2N1Cc1ccc(F)cc1. The van der Waals surface area contributed by atoms with E-state index in [9.17, 15) is 14.0 Å². The predicted octanol–water partition coefficient (Wildman–Crippen LogP) is 2.82. The van der Waals surface area contributed by atoms with Gasteiger partial charge >= 0.3 is 0 Å². The van der Waals surface area contributed by atoms with Gasteiger partial charge in [-0.25, -0.2) is 4.39 Å². The first-order chi connectivity index (χ1) is 16.1. The summed E-state index contributed by atoms with van der Waals surface area (Å²) in [7, 11) is 0. The molecule has 0 radical (unpaired) electrons. The lowest BCUT2D eigenvalue weighted by molar-refractivity contribution is -0.113. The van der Waals surface area contributed by atoms with E-state index in [1.54, 1.807) is 35.5 Å². The molecule has 1 amide bonds. The number of para-hydroxylation sites is 1. The fourth-order valence-corrected chi connectivity index (χ4v) is 4.93. The predicted molar refractivity (Wildman–Crippen MR) is 122 cm³/mol. The molecule has 5 aromatic rings. The third kappa shape index (κ3) is 3.13. The number of pyridine rings is 1. The third-order valence-corrected chi connectivity index (χ3v) is 6.51. The third-order valence-electron chi connectivity index (χ3n) is 5.48. The van der Waals surface area contributed by atoms with Gasteiger partial charge < -0.3 is 4.90 Å². The van der Waals surface area contributed by atoms with Gasteiger partial charge in [0.25, 0.3) is 11.5 Å². The van der Waals surface area contributed by atoms with Gasteiger partial charge in [-0.3, -0.25) is 14.6 Å². The average molecular weight is 455 g/mol. The summed E-state index contributed by atoms with van der Waals surface area (Å²) < 4.78 is 14.8. The van der Waals surface area contributed by atoms with Crippen LogP contribution in [0.25, 0.3) is 21.9 Å². The van der Waals surface area contributed by atoms with Crippen molar-refractivity contribution in [1.82, 2.24) is 19.6 Å². The highest BCUT2D eigenvalue weighted by atomic mass is 32.1. The van der Waals surface area contributed by atoms with Crippen molar-refractivity contribution in [2.45, 2.75) is 6.54 Å². The van der Waals surface area contributed by atoms with E-state index in [0.717, 1.165) is 16.9 Å². The van der Waals surface area contributed by atoms with Crippen LogP contribution in [0.1, 0.15) is 11.1 Å². The molecule has 0 saturated heterocycles. The van der Waals surface area contributed by atoms with Crippen LogP contribution in [-0.4, -0.2) is 25.5 Å². The second-order valence-corrected chi connectivity index (χ2v) is 8.50. The molecule has 1 aliphatic rings. The fraction of sp³-hybridized carbons (Fsp3) is 0.0417. The minimum absolute atomic E-state index is 0.264. The Hall–Kier alpha value is -4.24. The van der Waals surface area contributed by atoms with Crippen molar-refractivity contribution in [2.24, 2.45) is 0 Å². The summed E-state index contributed by atoms with van der Waals surface area (Å²) in [5.74, 6) is -0.219. The number of hydrogen-bond acceptors (Lipinski definition) is 6. The smallest absolute Gasteiger partial charge is 0.291 e. The Morgan fingerprint density at radius 3 is 2.55 bits per heavy atom. The van der Waals surface area contributed by atoms with Crippen LogP contribution in [0, 0.1) is 5.82 Å². The number of halogens is 1. The maximum Gasteiger partial charge on any atom is 0.291 e. The van der Waals surface area contributed by atoms with Gasteiger partial charge in [0.1, 0.15) is 10.3 Å². The van der Waals surface area contributed by atoms with Crippen molar-refractivity contribution in [3.63, 3.8) is 0 Å². The monoisotopic (exact) mass is 455 g/mol. The highest BCUT2D eigenvalue weighted by molar-refractivity contribution is 7.15. The largest absolute Gasteiger partial charge is 0.303 e. The molecule has 0 atom stereocenters. The zero-order valence-electron chi connectivity index (χ0n) is 17.0. The number of thiazole rings is 1. The number of carbonyl (C=O) groups excluding carboxylic acids is 1. The summed E-state index contributed by atoms with van der Waals surface area (Å²) in [5, 5.41) is 4.34. The molecule has 0 bridgehead atoms. The van der Waals surface area contributed by atoms with E-state index >= 15 is 0 Å². The summed E-state index contributed by atoms with van der Waals surface area (Å²) in [6.45, 7) is 0.264. The van der Waals surface area contributed by atoms with E-state index in [1.165, 1.54) is 16.6 Å². The number of fused-ring (bicyclic) bond motifs is 2. The molecular weight excluding hydrogens is 441 g/mol. The van der Waals surface area contributed by atoms with Crippen LogP contribution < -0.4 is 15.0 Å². The molecule has 160 valence electrons. The van der Waals surface area contributed by atoms with E-state index in [1.807, 2.05) is 30.3 Å². The van der Waals surface area contributed by atoms with Gasteiger partial charge in [0, 0.05) is 23.5 Å². The van der Waals surface area contributed by atoms with Crippen molar-refractivity contribution in [3.05, 3.63) is 105 Å². The van der Waals surface area contributed by atoms with Crippen molar-refractivity contribution >= 4 is 33.5 Å². The zero-order chi connectivity index (χ0) is 22.5. The summed E-state index contributed by atoms with van der Waals surface area (Å²) in [6, 6.07) is 16.9. The van der Waals surface area contributed by atoms with Crippen LogP contribution in [0.3, 0.4) is 0 Å². The molecule has 1 aliphatic heterocycles. The Labute approximate surface area is 190 Å². The highest BCUT2D eigenvalue weighted by Gasteiger charge is 2.34. The quantitative estimate of drug-likeness (QED) is 0.418. The Morgan fingerprint density at radius 2 is 1.79 bits per heavy atom. The van der Waals surface area contributed by atoms with E-state index in [2.05, 4.69) is 15.1 Å². The molecule has 33 heavy (non-hydrogen) atoms. The normalized spacial score (nSPS) is 14.8. The number of hydrogen-bond donors (Lipinski definition) is 0. The van der Waals surface area contributed by atoms with Gasteiger partial charge in [0.05, 0.1) is 17.8 Å². The molecule has 7 nitrogen and oxygen atoms in total. The summed E-state index contributed by atoms with van der Waals surface area (Å²) in [5.41, 5.74) is 2.81. The fourth-order valence-electron chi connectivity index (χ4n) is 3.93. The lowest BCUT2D eigenvalue weighted by Gasteiger charge is -2.17. The first kappa shape index (κ1) is 19.4. The molecule has 0 fully saturated rings. The molecule has 9 heteroatoms. The Balaban J connectivity index is 1.49. The minimum atomic E-state index is -0.389. The minimum Gasteiger partial charge on any atom is -0.303 e. The van der Waals surface area contributed by atoms with Gasteiger partial charge in [0.15, 0.2) is 5.82 Å². The van der Waals surface area contributed by atoms with E-state index in [4.69, 9.17) is 0 Å². The molecule has 2 aromatic carbocycles. The molecule has 4 heterocycles. The molecular formula is C24H14FN5O2S. The van der Waals surface area contributed by atoms with Crippen molar-refractivity contribution in [1.29, 1.82) is 0 Å². The van der Waals surface area contributed by atoms with Crippen LogP contribution in [0.5, 0.6) is 0 Å². The van der Waals surface area contributed by atoms with E-state index in [-0.39, 0.29) is 23.8 Å². The number of nitrogens with zero attached hydrogens (tertiary/aromatic N) is 5. The van der Waals surface area contributed by atoms with Gasteiger partial charge in [-0.15, -0.1) is 5.10 Å². The van der Waals surface area contributed by atoms with Gasteiger partial charge in [-0.2, -0.15) is 9.50 Å². The topological polar surface area (TPSA) is 80.5 Å².